The summed E-state index contributed by atoms with van der Waals surface area (Å²) < 4.78 is 5.06. The highest BCUT2D eigenvalue weighted by Gasteiger charge is 2.19. The number of nitrogens with zero attached hydrogens (tertiary/aromatic N) is 1. The summed E-state index contributed by atoms with van der Waals surface area (Å²) in [6.45, 7) is 4.09. The quantitative estimate of drug-likeness (QED) is 0.722. The van der Waals surface area contributed by atoms with Crippen LogP contribution in [-0.4, -0.2) is 30.4 Å². The summed E-state index contributed by atoms with van der Waals surface area (Å²) in [5.74, 6) is -1.03. The predicted octanol–water partition coefficient (Wildman–Crippen LogP) is 4.43. The molecule has 0 bridgehead atoms. The van der Waals surface area contributed by atoms with Gasteiger partial charge in [-0.25, -0.2) is 4.79 Å². The highest BCUT2D eigenvalue weighted by Crippen LogP contribution is 2.25. The van der Waals surface area contributed by atoms with E-state index < -0.39 is 5.97 Å². The lowest BCUT2D eigenvalue weighted by Gasteiger charge is -2.19. The van der Waals surface area contributed by atoms with E-state index in [2.05, 4.69) is 6.07 Å². The van der Waals surface area contributed by atoms with Crippen LogP contribution in [0.3, 0.4) is 0 Å². The van der Waals surface area contributed by atoms with Crippen molar-refractivity contribution in [2.75, 3.05) is 13.7 Å². The second-order valence-electron chi connectivity index (χ2n) is 5.85. The zero-order valence-electron chi connectivity index (χ0n) is 14.3. The van der Waals surface area contributed by atoms with Crippen molar-refractivity contribution in [3.05, 3.63) is 68.7 Å². The zero-order chi connectivity index (χ0) is 18.6. The van der Waals surface area contributed by atoms with Gasteiger partial charge in [0, 0.05) is 13.6 Å². The molecule has 0 saturated heterocycles. The van der Waals surface area contributed by atoms with E-state index in [-0.39, 0.29) is 28.1 Å². The standard InChI is InChI=1S/C19H19Cl2NO3/c1-12-7-8-14(13(2)9-12)10-22(3)17(23)11-25-19(24)18-15(20)5-4-6-16(18)21/h4-9H,10-11H2,1-3H3. The number of rotatable bonds is 5. The smallest absolute Gasteiger partial charge is 0.341 e. The van der Waals surface area contributed by atoms with Crippen molar-refractivity contribution in [2.24, 2.45) is 0 Å². The molecule has 1 amide bonds. The summed E-state index contributed by atoms with van der Waals surface area (Å²) in [7, 11) is 1.66. The van der Waals surface area contributed by atoms with E-state index in [9.17, 15) is 9.59 Å². The van der Waals surface area contributed by atoms with Gasteiger partial charge in [-0.3, -0.25) is 4.79 Å². The Bertz CT molecular complexity index is 785. The molecule has 0 spiro atoms. The van der Waals surface area contributed by atoms with E-state index in [1.807, 2.05) is 26.0 Å². The van der Waals surface area contributed by atoms with Crippen molar-refractivity contribution in [3.8, 4) is 0 Å². The third kappa shape index (κ3) is 4.97. The molecule has 0 fully saturated rings. The molecule has 2 rings (SSSR count). The molecular weight excluding hydrogens is 361 g/mol. The van der Waals surface area contributed by atoms with Gasteiger partial charge in [0.15, 0.2) is 6.61 Å². The monoisotopic (exact) mass is 379 g/mol. The summed E-state index contributed by atoms with van der Waals surface area (Å²) in [6.07, 6.45) is 0. The van der Waals surface area contributed by atoms with E-state index in [1.165, 1.54) is 22.6 Å². The molecule has 25 heavy (non-hydrogen) atoms. The number of ether oxygens (including phenoxy) is 1. The van der Waals surface area contributed by atoms with Crippen LogP contribution in [0.15, 0.2) is 36.4 Å². The lowest BCUT2D eigenvalue weighted by atomic mass is 10.1. The molecule has 0 radical (unpaired) electrons. The van der Waals surface area contributed by atoms with Crippen LogP contribution in [-0.2, 0) is 16.1 Å². The highest BCUT2D eigenvalue weighted by atomic mass is 35.5. The minimum atomic E-state index is -0.719. The van der Waals surface area contributed by atoms with Gasteiger partial charge in [0.2, 0.25) is 0 Å². The van der Waals surface area contributed by atoms with Crippen LogP contribution in [0.25, 0.3) is 0 Å². The SMILES string of the molecule is Cc1ccc(CN(C)C(=O)COC(=O)c2c(Cl)cccc2Cl)c(C)c1. The highest BCUT2D eigenvalue weighted by molar-refractivity contribution is 6.39. The van der Waals surface area contributed by atoms with Gasteiger partial charge in [-0.1, -0.05) is 53.0 Å². The maximum atomic E-state index is 12.2. The van der Waals surface area contributed by atoms with Gasteiger partial charge in [-0.05, 0) is 37.1 Å². The average molecular weight is 380 g/mol. The van der Waals surface area contributed by atoms with Crippen molar-refractivity contribution in [2.45, 2.75) is 20.4 Å². The average Bonchev–Trinajstić information content (AvgIpc) is 2.55. The normalized spacial score (nSPS) is 10.4. The Balaban J connectivity index is 1.96. The van der Waals surface area contributed by atoms with Crippen molar-refractivity contribution < 1.29 is 14.3 Å². The number of hydrogen-bond donors (Lipinski definition) is 0. The lowest BCUT2D eigenvalue weighted by Crippen LogP contribution is -2.31. The molecule has 0 aliphatic rings. The number of likely N-dealkylation sites (N-methyl/N-ethyl adjacent to an activating group) is 1. The summed E-state index contributed by atoms with van der Waals surface area (Å²) in [6, 6.07) is 10.8. The minimum absolute atomic E-state index is 0.0654. The largest absolute Gasteiger partial charge is 0.452 e. The number of benzene rings is 2. The molecule has 6 heteroatoms. The van der Waals surface area contributed by atoms with Gasteiger partial charge in [-0.15, -0.1) is 0 Å². The number of carbonyl (C=O) groups is 2. The fraction of sp³-hybridized carbons (Fsp3) is 0.263. The number of amides is 1. The van der Waals surface area contributed by atoms with Gasteiger partial charge in [-0.2, -0.15) is 0 Å². The van der Waals surface area contributed by atoms with E-state index >= 15 is 0 Å². The molecule has 0 atom stereocenters. The molecule has 0 aliphatic carbocycles. The van der Waals surface area contributed by atoms with E-state index in [0.29, 0.717) is 6.54 Å². The number of hydrogen-bond acceptors (Lipinski definition) is 3. The molecule has 4 nitrogen and oxygen atoms in total. The molecule has 132 valence electrons. The fourth-order valence-corrected chi connectivity index (χ4v) is 2.92. The van der Waals surface area contributed by atoms with Crippen molar-refractivity contribution >= 4 is 35.1 Å². The summed E-state index contributed by atoms with van der Waals surface area (Å²) in [4.78, 5) is 25.8. The van der Waals surface area contributed by atoms with Crippen LogP contribution in [0.2, 0.25) is 10.0 Å². The van der Waals surface area contributed by atoms with Crippen LogP contribution in [0.1, 0.15) is 27.0 Å². The Kier molecular flexibility index (Phi) is 6.45. The Hall–Kier alpha value is -2.04. The van der Waals surface area contributed by atoms with Gasteiger partial charge >= 0.3 is 5.97 Å². The first-order valence-corrected chi connectivity index (χ1v) is 8.46. The number of esters is 1. The van der Waals surface area contributed by atoms with E-state index in [1.54, 1.807) is 13.1 Å². The van der Waals surface area contributed by atoms with Crippen molar-refractivity contribution in [1.82, 2.24) is 4.90 Å². The van der Waals surface area contributed by atoms with E-state index in [0.717, 1.165) is 11.1 Å². The third-order valence-electron chi connectivity index (χ3n) is 3.82. The van der Waals surface area contributed by atoms with Crippen LogP contribution in [0, 0.1) is 13.8 Å². The topological polar surface area (TPSA) is 46.6 Å². The first-order valence-electron chi connectivity index (χ1n) is 7.71. The molecule has 0 N–H and O–H groups in total. The van der Waals surface area contributed by atoms with Gasteiger partial charge in [0.1, 0.15) is 0 Å². The second kappa shape index (κ2) is 8.37. The molecular formula is C19H19Cl2NO3. The Labute approximate surface area is 157 Å². The Morgan fingerprint density at radius 3 is 2.32 bits per heavy atom. The maximum Gasteiger partial charge on any atom is 0.341 e. The third-order valence-corrected chi connectivity index (χ3v) is 4.45. The van der Waals surface area contributed by atoms with Gasteiger partial charge in [0.25, 0.3) is 5.91 Å². The summed E-state index contributed by atoms with van der Waals surface area (Å²) in [5.41, 5.74) is 3.39. The van der Waals surface area contributed by atoms with Crippen LogP contribution in [0.4, 0.5) is 0 Å². The Morgan fingerprint density at radius 1 is 1.08 bits per heavy atom. The van der Waals surface area contributed by atoms with Gasteiger partial charge < -0.3 is 9.64 Å². The predicted molar refractivity (Wildman–Crippen MR) is 99.1 cm³/mol. The maximum absolute atomic E-state index is 12.2. The van der Waals surface area contributed by atoms with Gasteiger partial charge in [0.05, 0.1) is 15.6 Å². The zero-order valence-corrected chi connectivity index (χ0v) is 15.8. The van der Waals surface area contributed by atoms with Crippen molar-refractivity contribution in [3.63, 3.8) is 0 Å². The lowest BCUT2D eigenvalue weighted by molar-refractivity contribution is -0.133. The molecule has 0 aromatic heterocycles. The first kappa shape index (κ1) is 19.3. The number of carbonyl (C=O) groups excluding carboxylic acids is 2. The second-order valence-corrected chi connectivity index (χ2v) is 6.67. The van der Waals surface area contributed by atoms with Crippen LogP contribution in [0.5, 0.6) is 0 Å². The molecule has 0 unspecified atom stereocenters. The van der Waals surface area contributed by atoms with Crippen LogP contribution < -0.4 is 0 Å². The van der Waals surface area contributed by atoms with Crippen LogP contribution >= 0.6 is 23.2 Å². The molecule has 0 saturated carbocycles. The fourth-order valence-electron chi connectivity index (χ4n) is 2.37. The molecule has 0 heterocycles. The Morgan fingerprint density at radius 2 is 1.72 bits per heavy atom. The molecule has 0 aliphatic heterocycles. The summed E-state index contributed by atoms with van der Waals surface area (Å²) >= 11 is 11.9. The summed E-state index contributed by atoms with van der Waals surface area (Å²) in [5, 5.41) is 0.377. The minimum Gasteiger partial charge on any atom is -0.452 e. The van der Waals surface area contributed by atoms with Crippen molar-refractivity contribution in [1.29, 1.82) is 0 Å². The number of halogens is 2. The van der Waals surface area contributed by atoms with E-state index in [4.69, 9.17) is 27.9 Å². The number of aryl methyl sites for hydroxylation is 2. The first-order chi connectivity index (χ1) is 11.8. The molecule has 2 aromatic rings. The molecule has 2 aromatic carbocycles.